The molecule has 1 aliphatic rings. The lowest BCUT2D eigenvalue weighted by Gasteiger charge is -2.34. The third-order valence-corrected chi connectivity index (χ3v) is 11.2. The Labute approximate surface area is 303 Å². The second kappa shape index (κ2) is 16.8. The van der Waals surface area contributed by atoms with Gasteiger partial charge in [-0.15, -0.1) is 0 Å². The van der Waals surface area contributed by atoms with Gasteiger partial charge in [-0.05, 0) is 79.4 Å². The lowest BCUT2D eigenvalue weighted by Crippen LogP contribution is -2.54. The summed E-state index contributed by atoms with van der Waals surface area (Å²) in [5, 5.41) is 4.17. The topological polar surface area (TPSA) is 96.0 Å². The number of ether oxygens (including phenoxy) is 1. The Morgan fingerprint density at radius 1 is 0.857 bits per heavy atom. The molecule has 258 valence electrons. The normalized spacial score (nSPS) is 13.9. The number of hydrogen-bond acceptors (Lipinski definition) is 5. The van der Waals surface area contributed by atoms with Crippen LogP contribution in [0.3, 0.4) is 0 Å². The van der Waals surface area contributed by atoms with Crippen LogP contribution in [0.5, 0.6) is 5.75 Å². The van der Waals surface area contributed by atoms with E-state index < -0.39 is 28.5 Å². The van der Waals surface area contributed by atoms with Crippen LogP contribution in [0.25, 0.3) is 0 Å². The molecular weight excluding hydrogens is 705 g/mol. The number of carbonyl (C=O) groups is 2. The Kier molecular flexibility index (Phi) is 12.5. The maximum atomic E-state index is 14.8. The van der Waals surface area contributed by atoms with Crippen molar-refractivity contribution in [2.75, 3.05) is 17.5 Å². The molecule has 0 saturated heterocycles. The van der Waals surface area contributed by atoms with Gasteiger partial charge in [-0.25, -0.2) is 8.42 Å². The first-order chi connectivity index (χ1) is 23.6. The summed E-state index contributed by atoms with van der Waals surface area (Å²) in [6.07, 6.45) is 3.93. The van der Waals surface area contributed by atoms with Crippen LogP contribution in [0.4, 0.5) is 5.69 Å². The SMILES string of the molecule is CCOc1ccccc1N(CC(=O)N(Cc1ccc(Cl)c(Cl)c1)C(Cc1ccccc1)C(=O)NC1CCCC1)S(=O)(=O)c1ccc(Cl)cc1. The molecule has 5 rings (SSSR count). The summed E-state index contributed by atoms with van der Waals surface area (Å²) in [6, 6.07) is 25.8. The molecule has 12 heteroatoms. The van der Waals surface area contributed by atoms with Gasteiger partial charge >= 0.3 is 0 Å². The van der Waals surface area contributed by atoms with Crippen LogP contribution in [0.15, 0.2) is 102 Å². The Morgan fingerprint density at radius 2 is 1.53 bits per heavy atom. The van der Waals surface area contributed by atoms with E-state index in [1.807, 2.05) is 30.3 Å². The van der Waals surface area contributed by atoms with E-state index >= 15 is 0 Å². The first-order valence-corrected chi connectivity index (χ1v) is 18.7. The number of carbonyl (C=O) groups excluding carboxylic acids is 2. The first-order valence-electron chi connectivity index (χ1n) is 16.1. The highest BCUT2D eigenvalue weighted by Crippen LogP contribution is 2.33. The fourth-order valence-electron chi connectivity index (χ4n) is 5.94. The van der Waals surface area contributed by atoms with Gasteiger partial charge in [0.2, 0.25) is 11.8 Å². The van der Waals surface area contributed by atoms with Gasteiger partial charge in [0.05, 0.1) is 27.2 Å². The molecule has 1 unspecified atom stereocenters. The number of nitrogens with zero attached hydrogens (tertiary/aromatic N) is 2. The number of nitrogens with one attached hydrogen (secondary N) is 1. The molecule has 4 aromatic rings. The minimum absolute atomic E-state index is 0.00690. The van der Waals surface area contributed by atoms with E-state index in [1.54, 1.807) is 49.4 Å². The summed E-state index contributed by atoms with van der Waals surface area (Å²) >= 11 is 18.7. The van der Waals surface area contributed by atoms with Crippen molar-refractivity contribution in [1.82, 2.24) is 10.2 Å². The van der Waals surface area contributed by atoms with Crippen molar-refractivity contribution in [3.8, 4) is 5.75 Å². The van der Waals surface area contributed by atoms with Gasteiger partial charge in [0, 0.05) is 24.0 Å². The Bertz CT molecular complexity index is 1850. The molecule has 0 bridgehead atoms. The van der Waals surface area contributed by atoms with E-state index in [9.17, 15) is 18.0 Å². The van der Waals surface area contributed by atoms with Crippen molar-refractivity contribution in [1.29, 1.82) is 0 Å². The Morgan fingerprint density at radius 3 is 2.20 bits per heavy atom. The van der Waals surface area contributed by atoms with E-state index in [2.05, 4.69) is 5.32 Å². The summed E-state index contributed by atoms with van der Waals surface area (Å²) in [4.78, 5) is 30.3. The zero-order chi connectivity index (χ0) is 35.0. The molecule has 0 aromatic heterocycles. The Hall–Kier alpha value is -3.76. The van der Waals surface area contributed by atoms with Crippen LogP contribution < -0.4 is 14.4 Å². The molecule has 8 nitrogen and oxygen atoms in total. The monoisotopic (exact) mass is 741 g/mol. The summed E-state index contributed by atoms with van der Waals surface area (Å²) in [5.74, 6) is -0.630. The number of amides is 2. The molecule has 0 aliphatic heterocycles. The van der Waals surface area contributed by atoms with Crippen molar-refractivity contribution in [2.24, 2.45) is 0 Å². The van der Waals surface area contributed by atoms with Crippen LogP contribution in [-0.2, 0) is 32.6 Å². The Balaban J connectivity index is 1.60. The molecule has 0 heterocycles. The van der Waals surface area contributed by atoms with E-state index in [0.29, 0.717) is 20.6 Å². The van der Waals surface area contributed by atoms with Crippen LogP contribution >= 0.6 is 34.8 Å². The van der Waals surface area contributed by atoms with Gasteiger partial charge in [-0.2, -0.15) is 0 Å². The molecular formula is C37H38Cl3N3O5S. The zero-order valence-corrected chi connectivity index (χ0v) is 30.1. The van der Waals surface area contributed by atoms with Crippen molar-refractivity contribution < 1.29 is 22.7 Å². The minimum atomic E-state index is -4.34. The highest BCUT2D eigenvalue weighted by molar-refractivity contribution is 7.92. The molecule has 2 amide bonds. The van der Waals surface area contributed by atoms with E-state index in [4.69, 9.17) is 39.5 Å². The highest BCUT2D eigenvalue weighted by Gasteiger charge is 2.36. The number of hydrogen-bond donors (Lipinski definition) is 1. The summed E-state index contributed by atoms with van der Waals surface area (Å²) < 4.78 is 35.6. The van der Waals surface area contributed by atoms with Crippen LogP contribution in [0, 0.1) is 0 Å². The first kappa shape index (κ1) is 36.5. The van der Waals surface area contributed by atoms with Crippen molar-refractivity contribution in [3.05, 3.63) is 123 Å². The molecule has 4 aromatic carbocycles. The summed E-state index contributed by atoms with van der Waals surface area (Å²) in [5.41, 5.74) is 1.64. The third kappa shape index (κ3) is 9.28. The number of benzene rings is 4. The standard InChI is InChI=1S/C37H38Cl3N3O5S/c1-2-48-35-15-9-8-14-33(35)43(49(46,47)30-19-17-28(38)18-20-30)25-36(44)42(24-27-16-21-31(39)32(40)22-27)34(23-26-10-4-3-5-11-26)37(45)41-29-12-6-7-13-29/h3-5,8-11,14-22,29,34H,2,6-7,12-13,23-25H2,1H3,(H,41,45). The van der Waals surface area contributed by atoms with Gasteiger partial charge in [0.25, 0.3) is 10.0 Å². The van der Waals surface area contributed by atoms with Gasteiger partial charge in [0.15, 0.2) is 0 Å². The molecule has 1 atom stereocenters. The number of halogens is 3. The maximum Gasteiger partial charge on any atom is 0.264 e. The molecule has 1 N–H and O–H groups in total. The lowest BCUT2D eigenvalue weighted by atomic mass is 10.0. The molecule has 1 fully saturated rings. The summed E-state index contributed by atoms with van der Waals surface area (Å²) in [7, 11) is -4.34. The van der Waals surface area contributed by atoms with Gasteiger partial charge < -0.3 is 15.0 Å². The average molecular weight is 743 g/mol. The van der Waals surface area contributed by atoms with Crippen molar-refractivity contribution in [3.63, 3.8) is 0 Å². The minimum Gasteiger partial charge on any atom is -0.492 e. The summed E-state index contributed by atoms with van der Waals surface area (Å²) in [6.45, 7) is 1.39. The fraction of sp³-hybridized carbons (Fsp3) is 0.297. The second-order valence-corrected chi connectivity index (χ2v) is 14.9. The van der Waals surface area contributed by atoms with Crippen LogP contribution in [0.2, 0.25) is 15.1 Å². The number of sulfonamides is 1. The largest absolute Gasteiger partial charge is 0.492 e. The van der Waals surface area contributed by atoms with Crippen molar-refractivity contribution in [2.45, 2.75) is 62.6 Å². The number of para-hydroxylation sites is 2. The predicted octanol–water partition coefficient (Wildman–Crippen LogP) is 7.94. The highest BCUT2D eigenvalue weighted by atomic mass is 35.5. The fourth-order valence-corrected chi connectivity index (χ4v) is 7.82. The smallest absolute Gasteiger partial charge is 0.264 e. The number of anilines is 1. The predicted molar refractivity (Wildman–Crippen MR) is 195 cm³/mol. The second-order valence-electron chi connectivity index (χ2n) is 11.8. The van der Waals surface area contributed by atoms with Gasteiger partial charge in [-0.1, -0.05) is 96.2 Å². The molecule has 0 spiro atoms. The quantitative estimate of drug-likeness (QED) is 0.142. The van der Waals surface area contributed by atoms with E-state index in [-0.39, 0.29) is 47.9 Å². The van der Waals surface area contributed by atoms with Gasteiger partial charge in [-0.3, -0.25) is 13.9 Å². The van der Waals surface area contributed by atoms with Gasteiger partial charge in [0.1, 0.15) is 18.3 Å². The lowest BCUT2D eigenvalue weighted by molar-refractivity contribution is -0.140. The van der Waals surface area contributed by atoms with Crippen LogP contribution in [-0.4, -0.2) is 50.4 Å². The third-order valence-electron chi connectivity index (χ3n) is 8.42. The molecule has 1 aliphatic carbocycles. The zero-order valence-electron chi connectivity index (χ0n) is 27.0. The molecule has 0 radical (unpaired) electrons. The van der Waals surface area contributed by atoms with E-state index in [0.717, 1.165) is 35.6 Å². The maximum absolute atomic E-state index is 14.8. The number of rotatable bonds is 14. The average Bonchev–Trinajstić information content (AvgIpc) is 3.61. The van der Waals surface area contributed by atoms with Crippen molar-refractivity contribution >= 4 is 62.3 Å². The van der Waals surface area contributed by atoms with E-state index in [1.165, 1.54) is 29.2 Å². The van der Waals surface area contributed by atoms with Crippen LogP contribution in [0.1, 0.15) is 43.7 Å². The molecule has 49 heavy (non-hydrogen) atoms. The molecule has 1 saturated carbocycles.